The zero-order valence-corrected chi connectivity index (χ0v) is 18.8. The fourth-order valence-electron chi connectivity index (χ4n) is 4.81. The average Bonchev–Trinajstić information content (AvgIpc) is 3.26. The van der Waals surface area contributed by atoms with Crippen LogP contribution in [0, 0.1) is 5.41 Å². The summed E-state index contributed by atoms with van der Waals surface area (Å²) in [5.74, 6) is -0.107. The molecular weight excluding hydrogens is 431 g/mol. The molecule has 0 aliphatic carbocycles. The second-order valence-electron chi connectivity index (χ2n) is 8.96. The van der Waals surface area contributed by atoms with Gasteiger partial charge < -0.3 is 15.0 Å². The van der Waals surface area contributed by atoms with E-state index < -0.39 is 17.5 Å². The molecular formula is C25H30F3N3O2. The van der Waals surface area contributed by atoms with Gasteiger partial charge in [0.1, 0.15) is 5.75 Å². The molecule has 2 aromatic carbocycles. The average molecular weight is 462 g/mol. The van der Waals surface area contributed by atoms with E-state index in [1.54, 1.807) is 12.0 Å². The van der Waals surface area contributed by atoms with Crippen molar-refractivity contribution < 1.29 is 22.7 Å². The van der Waals surface area contributed by atoms with Gasteiger partial charge in [-0.05, 0) is 55.6 Å². The zero-order chi connectivity index (χ0) is 23.5. The normalized spacial score (nSPS) is 22.4. The molecule has 2 heterocycles. The molecule has 0 aromatic heterocycles. The van der Waals surface area contributed by atoms with Crippen LogP contribution in [-0.2, 0) is 11.3 Å². The number of likely N-dealkylation sites (tertiary alicyclic amines) is 1. The number of amides is 1. The molecule has 1 N–H and O–H groups in total. The minimum absolute atomic E-state index is 0.208. The molecule has 2 fully saturated rings. The lowest BCUT2D eigenvalue weighted by Crippen LogP contribution is -2.56. The maximum absolute atomic E-state index is 14.2. The third kappa shape index (κ3) is 5.11. The van der Waals surface area contributed by atoms with Crippen LogP contribution in [-0.4, -0.2) is 56.3 Å². The van der Waals surface area contributed by atoms with Gasteiger partial charge >= 0.3 is 6.18 Å². The van der Waals surface area contributed by atoms with Gasteiger partial charge in [0.25, 0.3) is 0 Å². The Morgan fingerprint density at radius 2 is 1.73 bits per heavy atom. The summed E-state index contributed by atoms with van der Waals surface area (Å²) in [4.78, 5) is 16.9. The number of anilines is 1. The lowest BCUT2D eigenvalue weighted by atomic mass is 9.84. The highest BCUT2D eigenvalue weighted by Crippen LogP contribution is 2.46. The van der Waals surface area contributed by atoms with Crippen molar-refractivity contribution in [1.82, 2.24) is 10.2 Å². The first-order chi connectivity index (χ1) is 15.8. The number of methoxy groups -OCH3 is 1. The Labute approximate surface area is 192 Å². The van der Waals surface area contributed by atoms with Crippen molar-refractivity contribution in [3.05, 3.63) is 60.2 Å². The molecule has 1 amide bonds. The highest BCUT2D eigenvalue weighted by molar-refractivity contribution is 5.84. The van der Waals surface area contributed by atoms with E-state index in [0.29, 0.717) is 32.5 Å². The standard InChI is InChI=1S/C25H30F3N3O2/c1-33-22-9-7-21(8-10-22)31-14-11-20(12-15-31)29-23(32)24(25(26,27)28)13-16-30(18-24)17-19-5-3-2-4-6-19/h2-10,20H,11-18H2,1H3,(H,29,32). The molecule has 8 heteroatoms. The van der Waals surface area contributed by atoms with Crippen molar-refractivity contribution in [2.75, 3.05) is 38.2 Å². The van der Waals surface area contributed by atoms with E-state index in [1.165, 1.54) is 0 Å². The Hall–Kier alpha value is -2.74. The maximum atomic E-state index is 14.2. The van der Waals surface area contributed by atoms with Gasteiger partial charge in [-0.15, -0.1) is 0 Å². The number of ether oxygens (including phenoxy) is 1. The summed E-state index contributed by atoms with van der Waals surface area (Å²) in [6, 6.07) is 16.9. The predicted molar refractivity (Wildman–Crippen MR) is 121 cm³/mol. The van der Waals surface area contributed by atoms with Gasteiger partial charge in [0, 0.05) is 37.9 Å². The van der Waals surface area contributed by atoms with Crippen molar-refractivity contribution in [2.24, 2.45) is 5.41 Å². The first-order valence-corrected chi connectivity index (χ1v) is 11.3. The van der Waals surface area contributed by atoms with Crippen LogP contribution in [0.4, 0.5) is 18.9 Å². The van der Waals surface area contributed by atoms with Crippen molar-refractivity contribution in [2.45, 2.75) is 38.0 Å². The summed E-state index contributed by atoms with van der Waals surface area (Å²) >= 11 is 0. The number of nitrogens with zero attached hydrogens (tertiary/aromatic N) is 2. The minimum atomic E-state index is -4.59. The second kappa shape index (κ2) is 9.63. The number of halogens is 3. The first kappa shape index (κ1) is 23.4. The lowest BCUT2D eigenvalue weighted by Gasteiger charge is -2.37. The fourth-order valence-corrected chi connectivity index (χ4v) is 4.81. The van der Waals surface area contributed by atoms with Gasteiger partial charge in [-0.1, -0.05) is 30.3 Å². The highest BCUT2D eigenvalue weighted by atomic mass is 19.4. The number of benzene rings is 2. The van der Waals surface area contributed by atoms with E-state index in [4.69, 9.17) is 4.74 Å². The van der Waals surface area contributed by atoms with Gasteiger partial charge in [-0.2, -0.15) is 13.2 Å². The molecule has 0 radical (unpaired) electrons. The largest absolute Gasteiger partial charge is 0.497 e. The van der Waals surface area contributed by atoms with Crippen molar-refractivity contribution in [1.29, 1.82) is 0 Å². The molecule has 178 valence electrons. The molecule has 1 atom stereocenters. The van der Waals surface area contributed by atoms with Gasteiger partial charge in [-0.3, -0.25) is 9.69 Å². The third-order valence-electron chi connectivity index (χ3n) is 6.84. The molecule has 2 aliphatic heterocycles. The van der Waals surface area contributed by atoms with Crippen LogP contribution in [0.2, 0.25) is 0 Å². The summed E-state index contributed by atoms with van der Waals surface area (Å²) in [6.45, 7) is 1.71. The van der Waals surface area contributed by atoms with Crippen molar-refractivity contribution >= 4 is 11.6 Å². The molecule has 1 unspecified atom stereocenters. The monoisotopic (exact) mass is 461 g/mol. The molecule has 0 saturated carbocycles. The van der Waals surface area contributed by atoms with Crippen LogP contribution in [0.15, 0.2) is 54.6 Å². The second-order valence-corrected chi connectivity index (χ2v) is 8.96. The molecule has 2 aromatic rings. The molecule has 5 nitrogen and oxygen atoms in total. The van der Waals surface area contributed by atoms with Crippen molar-refractivity contribution in [3.63, 3.8) is 0 Å². The number of piperidine rings is 1. The number of rotatable bonds is 6. The molecule has 4 rings (SSSR count). The van der Waals surface area contributed by atoms with Crippen LogP contribution in [0.1, 0.15) is 24.8 Å². The van der Waals surface area contributed by atoms with Crippen LogP contribution >= 0.6 is 0 Å². The van der Waals surface area contributed by atoms with Gasteiger partial charge in [-0.25, -0.2) is 0 Å². The Kier molecular flexibility index (Phi) is 6.83. The third-order valence-corrected chi connectivity index (χ3v) is 6.84. The zero-order valence-electron chi connectivity index (χ0n) is 18.8. The van der Waals surface area contributed by atoms with Crippen LogP contribution in [0.5, 0.6) is 5.75 Å². The number of carbonyl (C=O) groups excluding carboxylic acids is 1. The van der Waals surface area contributed by atoms with Gasteiger partial charge in [0.15, 0.2) is 5.41 Å². The van der Waals surface area contributed by atoms with E-state index in [-0.39, 0.29) is 25.6 Å². The quantitative estimate of drug-likeness (QED) is 0.699. The van der Waals surface area contributed by atoms with Crippen molar-refractivity contribution in [3.8, 4) is 5.75 Å². The molecule has 0 spiro atoms. The number of hydrogen-bond donors (Lipinski definition) is 1. The Bertz CT molecular complexity index is 928. The molecule has 2 saturated heterocycles. The number of alkyl halides is 3. The van der Waals surface area contributed by atoms with E-state index in [2.05, 4.69) is 10.2 Å². The highest BCUT2D eigenvalue weighted by Gasteiger charge is 2.63. The van der Waals surface area contributed by atoms with Crippen LogP contribution < -0.4 is 15.0 Å². The van der Waals surface area contributed by atoms with E-state index in [1.807, 2.05) is 54.6 Å². The fraction of sp³-hybridized carbons (Fsp3) is 0.480. The number of hydrogen-bond acceptors (Lipinski definition) is 4. The lowest BCUT2D eigenvalue weighted by molar-refractivity contribution is -0.218. The van der Waals surface area contributed by atoms with Gasteiger partial charge in [0.05, 0.1) is 7.11 Å². The van der Waals surface area contributed by atoms with E-state index in [9.17, 15) is 18.0 Å². The Balaban J connectivity index is 1.36. The summed E-state index contributed by atoms with van der Waals surface area (Å²) in [5, 5.41) is 2.75. The van der Waals surface area contributed by atoms with Crippen LogP contribution in [0.3, 0.4) is 0 Å². The summed E-state index contributed by atoms with van der Waals surface area (Å²) in [7, 11) is 1.61. The minimum Gasteiger partial charge on any atom is -0.497 e. The topological polar surface area (TPSA) is 44.8 Å². The Morgan fingerprint density at radius 1 is 1.06 bits per heavy atom. The molecule has 0 bridgehead atoms. The summed E-state index contributed by atoms with van der Waals surface area (Å²) < 4.78 is 47.7. The van der Waals surface area contributed by atoms with Crippen LogP contribution in [0.25, 0.3) is 0 Å². The maximum Gasteiger partial charge on any atom is 0.404 e. The SMILES string of the molecule is COc1ccc(N2CCC(NC(=O)C3(C(F)(F)F)CCN(Cc4ccccc4)C3)CC2)cc1. The number of nitrogens with one attached hydrogen (secondary N) is 1. The number of carbonyl (C=O) groups is 1. The molecule has 2 aliphatic rings. The summed E-state index contributed by atoms with van der Waals surface area (Å²) in [6.07, 6.45) is -3.58. The van der Waals surface area contributed by atoms with Gasteiger partial charge in [0.2, 0.25) is 5.91 Å². The van der Waals surface area contributed by atoms with E-state index >= 15 is 0 Å². The summed E-state index contributed by atoms with van der Waals surface area (Å²) in [5.41, 5.74) is -0.365. The Morgan fingerprint density at radius 3 is 2.33 bits per heavy atom. The first-order valence-electron chi connectivity index (χ1n) is 11.3. The van der Waals surface area contributed by atoms with E-state index in [0.717, 1.165) is 17.0 Å². The smallest absolute Gasteiger partial charge is 0.404 e. The molecule has 33 heavy (non-hydrogen) atoms. The predicted octanol–water partition coefficient (Wildman–Crippen LogP) is 4.23.